The number of fused-ring (bicyclic) bond motifs is 1. The molecule has 0 radical (unpaired) electrons. The molecule has 1 aromatic heterocycles. The Hall–Kier alpha value is -1.06. The van der Waals surface area contributed by atoms with Crippen molar-refractivity contribution in [2.45, 2.75) is 50.1 Å². The van der Waals surface area contributed by atoms with Crippen molar-refractivity contribution in [1.29, 1.82) is 0 Å². The van der Waals surface area contributed by atoms with Crippen molar-refractivity contribution in [2.24, 2.45) is 5.73 Å². The standard InChI is InChI=1S/C15H18ClN3/c16-12-2-1-3-13-14(12)19(11-6-7-11)15(18-13)9-4-5-10(17)8-9/h1-3,9-11H,4-8,17H2. The Kier molecular flexibility index (Phi) is 2.61. The summed E-state index contributed by atoms with van der Waals surface area (Å²) in [6.45, 7) is 0. The Morgan fingerprint density at radius 1 is 1.21 bits per heavy atom. The predicted octanol–water partition coefficient (Wildman–Crippen LogP) is 3.62. The van der Waals surface area contributed by atoms with E-state index < -0.39 is 0 Å². The molecule has 4 rings (SSSR count). The van der Waals surface area contributed by atoms with E-state index in [1.54, 1.807) is 0 Å². The molecule has 2 N–H and O–H groups in total. The fraction of sp³-hybridized carbons (Fsp3) is 0.533. The van der Waals surface area contributed by atoms with Crippen LogP contribution in [-0.2, 0) is 0 Å². The fourth-order valence-corrected chi connectivity index (χ4v) is 3.63. The predicted molar refractivity (Wildman–Crippen MR) is 77.6 cm³/mol. The van der Waals surface area contributed by atoms with E-state index in [1.807, 2.05) is 12.1 Å². The highest BCUT2D eigenvalue weighted by Crippen LogP contribution is 2.44. The second-order valence-electron chi connectivity index (χ2n) is 5.95. The molecular formula is C15H18ClN3. The van der Waals surface area contributed by atoms with Crippen LogP contribution >= 0.6 is 11.6 Å². The largest absolute Gasteiger partial charge is 0.328 e. The number of hydrogen-bond acceptors (Lipinski definition) is 2. The minimum atomic E-state index is 0.341. The Bertz CT molecular complexity index is 630. The molecular weight excluding hydrogens is 258 g/mol. The van der Waals surface area contributed by atoms with Gasteiger partial charge < -0.3 is 10.3 Å². The second-order valence-corrected chi connectivity index (χ2v) is 6.36. The van der Waals surface area contributed by atoms with Crippen molar-refractivity contribution in [1.82, 2.24) is 9.55 Å². The minimum Gasteiger partial charge on any atom is -0.328 e. The molecule has 2 aromatic rings. The molecule has 2 fully saturated rings. The van der Waals surface area contributed by atoms with E-state index in [2.05, 4.69) is 10.6 Å². The van der Waals surface area contributed by atoms with E-state index in [-0.39, 0.29) is 0 Å². The van der Waals surface area contributed by atoms with Gasteiger partial charge in [0.05, 0.1) is 16.1 Å². The van der Waals surface area contributed by atoms with Gasteiger partial charge in [-0.25, -0.2) is 4.98 Å². The summed E-state index contributed by atoms with van der Waals surface area (Å²) in [5.74, 6) is 1.73. The van der Waals surface area contributed by atoms with Crippen molar-refractivity contribution < 1.29 is 0 Å². The Balaban J connectivity index is 1.90. The van der Waals surface area contributed by atoms with E-state index in [9.17, 15) is 0 Å². The van der Waals surface area contributed by atoms with Gasteiger partial charge in [-0.2, -0.15) is 0 Å². The molecule has 4 heteroatoms. The van der Waals surface area contributed by atoms with E-state index in [1.165, 1.54) is 18.7 Å². The van der Waals surface area contributed by atoms with Crippen LogP contribution in [0.5, 0.6) is 0 Å². The summed E-state index contributed by atoms with van der Waals surface area (Å²) in [5, 5.41) is 0.824. The first-order chi connectivity index (χ1) is 9.24. The fourth-order valence-electron chi connectivity index (χ4n) is 3.37. The average molecular weight is 276 g/mol. The number of nitrogens with zero attached hydrogens (tertiary/aromatic N) is 2. The van der Waals surface area contributed by atoms with Crippen LogP contribution < -0.4 is 5.73 Å². The summed E-state index contributed by atoms with van der Waals surface area (Å²) in [6, 6.07) is 6.97. The number of halogens is 1. The van der Waals surface area contributed by atoms with Gasteiger partial charge in [-0.05, 0) is 44.2 Å². The molecule has 3 nitrogen and oxygen atoms in total. The molecule has 0 amide bonds. The maximum Gasteiger partial charge on any atom is 0.113 e. The van der Waals surface area contributed by atoms with Gasteiger partial charge in [-0.3, -0.25) is 0 Å². The number of nitrogens with two attached hydrogens (primary N) is 1. The molecule has 0 bridgehead atoms. The van der Waals surface area contributed by atoms with E-state index in [0.29, 0.717) is 18.0 Å². The van der Waals surface area contributed by atoms with Gasteiger partial charge in [0.25, 0.3) is 0 Å². The first-order valence-electron chi connectivity index (χ1n) is 7.16. The van der Waals surface area contributed by atoms with Crippen LogP contribution in [0.4, 0.5) is 0 Å². The van der Waals surface area contributed by atoms with Crippen molar-refractivity contribution in [2.75, 3.05) is 0 Å². The van der Waals surface area contributed by atoms with Crippen LogP contribution in [0.3, 0.4) is 0 Å². The number of benzene rings is 1. The zero-order valence-electron chi connectivity index (χ0n) is 10.8. The number of hydrogen-bond donors (Lipinski definition) is 1. The lowest BCUT2D eigenvalue weighted by Crippen LogP contribution is -2.15. The maximum absolute atomic E-state index is 6.40. The highest BCUT2D eigenvalue weighted by molar-refractivity contribution is 6.35. The summed E-state index contributed by atoms with van der Waals surface area (Å²) in [7, 11) is 0. The molecule has 2 atom stereocenters. The van der Waals surface area contributed by atoms with Gasteiger partial charge in [-0.1, -0.05) is 17.7 Å². The summed E-state index contributed by atoms with van der Waals surface area (Å²) in [5.41, 5.74) is 8.23. The maximum atomic E-state index is 6.40. The van der Waals surface area contributed by atoms with Gasteiger partial charge in [0.2, 0.25) is 0 Å². The minimum absolute atomic E-state index is 0.341. The van der Waals surface area contributed by atoms with Gasteiger partial charge in [0.1, 0.15) is 5.82 Å². The van der Waals surface area contributed by atoms with E-state index in [0.717, 1.165) is 35.3 Å². The third-order valence-corrected chi connectivity index (χ3v) is 4.74. The summed E-state index contributed by atoms with van der Waals surface area (Å²) in [6.07, 6.45) is 5.85. The van der Waals surface area contributed by atoms with Crippen LogP contribution in [0.15, 0.2) is 18.2 Å². The highest BCUT2D eigenvalue weighted by Gasteiger charge is 2.34. The normalized spacial score (nSPS) is 27.3. The average Bonchev–Trinajstić information content (AvgIpc) is 3.01. The highest BCUT2D eigenvalue weighted by atomic mass is 35.5. The van der Waals surface area contributed by atoms with Crippen LogP contribution in [-0.4, -0.2) is 15.6 Å². The van der Waals surface area contributed by atoms with Gasteiger partial charge in [0, 0.05) is 18.0 Å². The Labute approximate surface area is 117 Å². The molecule has 1 heterocycles. The summed E-state index contributed by atoms with van der Waals surface area (Å²) < 4.78 is 2.40. The molecule has 100 valence electrons. The van der Waals surface area contributed by atoms with Gasteiger partial charge in [0.15, 0.2) is 0 Å². The van der Waals surface area contributed by atoms with Gasteiger partial charge in [-0.15, -0.1) is 0 Å². The van der Waals surface area contributed by atoms with Crippen molar-refractivity contribution in [3.05, 3.63) is 29.0 Å². The number of aromatic nitrogens is 2. The number of imidazole rings is 1. The van der Waals surface area contributed by atoms with Crippen molar-refractivity contribution in [3.63, 3.8) is 0 Å². The monoisotopic (exact) mass is 275 g/mol. The molecule has 2 aliphatic rings. The Morgan fingerprint density at radius 3 is 2.74 bits per heavy atom. The zero-order chi connectivity index (χ0) is 13.0. The number of rotatable bonds is 2. The second kappa shape index (κ2) is 4.22. The van der Waals surface area contributed by atoms with Crippen LogP contribution in [0.25, 0.3) is 11.0 Å². The first kappa shape index (κ1) is 11.7. The smallest absolute Gasteiger partial charge is 0.113 e. The molecule has 1 aromatic carbocycles. The summed E-state index contributed by atoms with van der Waals surface area (Å²) in [4.78, 5) is 4.87. The molecule has 19 heavy (non-hydrogen) atoms. The zero-order valence-corrected chi connectivity index (χ0v) is 11.6. The lowest BCUT2D eigenvalue weighted by atomic mass is 10.1. The molecule has 0 saturated heterocycles. The third-order valence-electron chi connectivity index (χ3n) is 4.44. The third kappa shape index (κ3) is 1.87. The molecule has 2 saturated carbocycles. The lowest BCUT2D eigenvalue weighted by molar-refractivity contribution is 0.591. The van der Waals surface area contributed by atoms with Crippen LogP contribution in [0.2, 0.25) is 5.02 Å². The summed E-state index contributed by atoms with van der Waals surface area (Å²) >= 11 is 6.40. The topological polar surface area (TPSA) is 43.8 Å². The van der Waals surface area contributed by atoms with E-state index >= 15 is 0 Å². The van der Waals surface area contributed by atoms with Crippen molar-refractivity contribution >= 4 is 22.6 Å². The molecule has 0 aliphatic heterocycles. The molecule has 2 unspecified atom stereocenters. The first-order valence-corrected chi connectivity index (χ1v) is 7.54. The molecule has 2 aliphatic carbocycles. The Morgan fingerprint density at radius 2 is 2.05 bits per heavy atom. The quantitative estimate of drug-likeness (QED) is 0.910. The van der Waals surface area contributed by atoms with Crippen molar-refractivity contribution in [3.8, 4) is 0 Å². The van der Waals surface area contributed by atoms with E-state index in [4.69, 9.17) is 22.3 Å². The lowest BCUT2D eigenvalue weighted by Gasteiger charge is -2.13. The van der Waals surface area contributed by atoms with Gasteiger partial charge >= 0.3 is 0 Å². The number of para-hydroxylation sites is 1. The van der Waals surface area contributed by atoms with Crippen LogP contribution in [0.1, 0.15) is 49.9 Å². The molecule has 0 spiro atoms. The van der Waals surface area contributed by atoms with Crippen LogP contribution in [0, 0.1) is 0 Å². The SMILES string of the molecule is NC1CCC(c2nc3cccc(Cl)c3n2C2CC2)C1.